The van der Waals surface area contributed by atoms with Crippen molar-refractivity contribution in [2.24, 2.45) is 5.92 Å². The number of methoxy groups -OCH3 is 1. The molecular formula is C14H16ClN3O2. The number of halogens is 1. The molecule has 5 nitrogen and oxygen atoms in total. The molecule has 2 aromatic heterocycles. The molecule has 0 saturated carbocycles. The fourth-order valence-corrected chi connectivity index (χ4v) is 2.83. The highest BCUT2D eigenvalue weighted by molar-refractivity contribution is 6.30. The van der Waals surface area contributed by atoms with Crippen LogP contribution in [0.3, 0.4) is 0 Å². The van der Waals surface area contributed by atoms with Gasteiger partial charge in [-0.1, -0.05) is 11.6 Å². The smallest absolute Gasteiger partial charge is 0.310 e. The maximum Gasteiger partial charge on any atom is 0.310 e. The van der Waals surface area contributed by atoms with Crippen molar-refractivity contribution in [3.8, 4) is 0 Å². The number of carbonyl (C=O) groups excluding carboxylic acids is 1. The van der Waals surface area contributed by atoms with Crippen LogP contribution in [-0.2, 0) is 16.1 Å². The zero-order valence-corrected chi connectivity index (χ0v) is 12.0. The molecule has 0 aromatic carbocycles. The predicted octanol–water partition coefficient (Wildman–Crippen LogP) is 1.98. The van der Waals surface area contributed by atoms with Crippen LogP contribution in [-0.4, -0.2) is 40.5 Å². The third-order valence-corrected chi connectivity index (χ3v) is 3.88. The molecule has 1 atom stereocenters. The lowest BCUT2D eigenvalue weighted by atomic mass is 10.1. The minimum absolute atomic E-state index is 0.00789. The number of hydrogen-bond acceptors (Lipinski definition) is 4. The molecule has 20 heavy (non-hydrogen) atoms. The van der Waals surface area contributed by atoms with E-state index in [0.717, 1.165) is 37.4 Å². The first-order valence-electron chi connectivity index (χ1n) is 6.59. The van der Waals surface area contributed by atoms with Gasteiger partial charge in [-0.3, -0.25) is 9.69 Å². The van der Waals surface area contributed by atoms with Crippen LogP contribution in [0.2, 0.25) is 5.02 Å². The Morgan fingerprint density at radius 3 is 3.15 bits per heavy atom. The van der Waals surface area contributed by atoms with Crippen LogP contribution in [0.4, 0.5) is 0 Å². The molecule has 1 unspecified atom stereocenters. The summed E-state index contributed by atoms with van der Waals surface area (Å²) in [7, 11) is 1.44. The molecule has 1 fully saturated rings. The third kappa shape index (κ3) is 2.64. The number of likely N-dealkylation sites (tertiary alicyclic amines) is 1. The van der Waals surface area contributed by atoms with E-state index in [1.807, 2.05) is 28.9 Å². The standard InChI is InChI=1S/C14H16ClN3O2/c1-20-14(19)10-4-5-17(6-10)8-12-9-18-7-11(15)2-3-13(18)16-12/h2-3,7,9-10H,4-6,8H2,1H3. The predicted molar refractivity (Wildman–Crippen MR) is 75.6 cm³/mol. The monoisotopic (exact) mass is 293 g/mol. The van der Waals surface area contributed by atoms with E-state index in [1.165, 1.54) is 7.11 Å². The molecule has 1 saturated heterocycles. The summed E-state index contributed by atoms with van der Waals surface area (Å²) in [5, 5.41) is 0.688. The van der Waals surface area contributed by atoms with Gasteiger partial charge in [0.1, 0.15) is 5.65 Å². The molecule has 0 bridgehead atoms. The van der Waals surface area contributed by atoms with Gasteiger partial charge in [0.05, 0.1) is 23.7 Å². The van der Waals surface area contributed by atoms with Crippen LogP contribution < -0.4 is 0 Å². The van der Waals surface area contributed by atoms with Gasteiger partial charge in [0.25, 0.3) is 0 Å². The van der Waals surface area contributed by atoms with Crippen molar-refractivity contribution in [2.75, 3.05) is 20.2 Å². The van der Waals surface area contributed by atoms with Gasteiger partial charge >= 0.3 is 5.97 Å². The summed E-state index contributed by atoms with van der Waals surface area (Å²) < 4.78 is 6.72. The lowest BCUT2D eigenvalue weighted by Gasteiger charge is -2.13. The minimum Gasteiger partial charge on any atom is -0.469 e. The van der Waals surface area contributed by atoms with Gasteiger partial charge < -0.3 is 9.14 Å². The first kappa shape index (κ1) is 13.4. The van der Waals surface area contributed by atoms with Gasteiger partial charge in [0, 0.05) is 25.5 Å². The van der Waals surface area contributed by atoms with E-state index in [-0.39, 0.29) is 11.9 Å². The summed E-state index contributed by atoms with van der Waals surface area (Å²) in [6.45, 7) is 2.38. The summed E-state index contributed by atoms with van der Waals surface area (Å²) in [5.74, 6) is -0.124. The fraction of sp³-hybridized carbons (Fsp3) is 0.429. The first-order chi connectivity index (χ1) is 9.65. The number of ether oxygens (including phenoxy) is 1. The van der Waals surface area contributed by atoms with Crippen molar-refractivity contribution >= 4 is 23.2 Å². The van der Waals surface area contributed by atoms with E-state index < -0.39 is 0 Å². The van der Waals surface area contributed by atoms with E-state index in [1.54, 1.807) is 0 Å². The highest BCUT2D eigenvalue weighted by Gasteiger charge is 2.29. The van der Waals surface area contributed by atoms with Gasteiger partial charge in [-0.15, -0.1) is 0 Å². The molecule has 6 heteroatoms. The zero-order chi connectivity index (χ0) is 14.1. The van der Waals surface area contributed by atoms with Crippen LogP contribution in [0.15, 0.2) is 24.5 Å². The zero-order valence-electron chi connectivity index (χ0n) is 11.3. The SMILES string of the molecule is COC(=O)C1CCN(Cc2cn3cc(Cl)ccc3n2)C1. The Morgan fingerprint density at radius 2 is 2.35 bits per heavy atom. The number of rotatable bonds is 3. The molecule has 3 heterocycles. The van der Waals surface area contributed by atoms with E-state index in [0.29, 0.717) is 5.02 Å². The molecule has 1 aliphatic heterocycles. The van der Waals surface area contributed by atoms with Crippen molar-refractivity contribution in [3.05, 3.63) is 35.2 Å². The van der Waals surface area contributed by atoms with Crippen LogP contribution in [0.25, 0.3) is 5.65 Å². The number of imidazole rings is 1. The quantitative estimate of drug-likeness (QED) is 0.812. The highest BCUT2D eigenvalue weighted by atomic mass is 35.5. The maximum atomic E-state index is 11.5. The number of nitrogens with zero attached hydrogens (tertiary/aromatic N) is 3. The Labute approximate surface area is 122 Å². The van der Waals surface area contributed by atoms with Crippen molar-refractivity contribution in [3.63, 3.8) is 0 Å². The molecule has 2 aromatic rings. The van der Waals surface area contributed by atoms with Gasteiger partial charge in [-0.05, 0) is 25.1 Å². The Bertz CT molecular complexity index is 640. The number of fused-ring (bicyclic) bond motifs is 1. The Kier molecular flexibility index (Phi) is 3.63. The van der Waals surface area contributed by atoms with Crippen LogP contribution >= 0.6 is 11.6 Å². The second kappa shape index (κ2) is 5.42. The van der Waals surface area contributed by atoms with Crippen LogP contribution in [0, 0.1) is 5.92 Å². The van der Waals surface area contributed by atoms with Gasteiger partial charge in [-0.25, -0.2) is 4.98 Å². The highest BCUT2D eigenvalue weighted by Crippen LogP contribution is 2.20. The van der Waals surface area contributed by atoms with Crippen molar-refractivity contribution in [1.82, 2.24) is 14.3 Å². The summed E-state index contributed by atoms with van der Waals surface area (Å²) in [4.78, 5) is 18.3. The number of aromatic nitrogens is 2. The van der Waals surface area contributed by atoms with Gasteiger partial charge in [0.15, 0.2) is 0 Å². The largest absolute Gasteiger partial charge is 0.469 e. The molecule has 106 valence electrons. The normalized spacial score (nSPS) is 19.6. The van der Waals surface area contributed by atoms with Gasteiger partial charge in [-0.2, -0.15) is 0 Å². The molecule has 0 radical (unpaired) electrons. The number of pyridine rings is 1. The second-order valence-corrected chi connectivity index (χ2v) is 5.53. The molecule has 3 rings (SSSR count). The second-order valence-electron chi connectivity index (χ2n) is 5.09. The van der Waals surface area contributed by atoms with Crippen molar-refractivity contribution < 1.29 is 9.53 Å². The lowest BCUT2D eigenvalue weighted by molar-refractivity contribution is -0.144. The van der Waals surface area contributed by atoms with E-state index in [2.05, 4.69) is 9.88 Å². The summed E-state index contributed by atoms with van der Waals surface area (Å²) >= 11 is 5.96. The topological polar surface area (TPSA) is 46.8 Å². The van der Waals surface area contributed by atoms with E-state index >= 15 is 0 Å². The number of carbonyl (C=O) groups is 1. The van der Waals surface area contributed by atoms with Crippen molar-refractivity contribution in [2.45, 2.75) is 13.0 Å². The third-order valence-electron chi connectivity index (χ3n) is 3.66. The summed E-state index contributed by atoms with van der Waals surface area (Å²) in [5.41, 5.74) is 1.87. The molecule has 0 spiro atoms. The van der Waals surface area contributed by atoms with Crippen LogP contribution in [0.5, 0.6) is 0 Å². The van der Waals surface area contributed by atoms with Gasteiger partial charge in [0.2, 0.25) is 0 Å². The maximum absolute atomic E-state index is 11.5. The molecule has 0 amide bonds. The molecular weight excluding hydrogens is 278 g/mol. The summed E-state index contributed by atoms with van der Waals surface area (Å²) in [6.07, 6.45) is 4.67. The molecule has 1 aliphatic rings. The molecule has 0 aliphatic carbocycles. The Balaban J connectivity index is 1.69. The molecule has 0 N–H and O–H groups in total. The van der Waals surface area contributed by atoms with Crippen molar-refractivity contribution in [1.29, 1.82) is 0 Å². The van der Waals surface area contributed by atoms with E-state index in [4.69, 9.17) is 16.3 Å². The fourth-order valence-electron chi connectivity index (χ4n) is 2.66. The Hall–Kier alpha value is -1.59. The minimum atomic E-state index is -0.116. The first-order valence-corrected chi connectivity index (χ1v) is 6.97. The van der Waals surface area contributed by atoms with E-state index in [9.17, 15) is 4.79 Å². The average molecular weight is 294 g/mol. The van der Waals surface area contributed by atoms with Crippen LogP contribution in [0.1, 0.15) is 12.1 Å². The lowest BCUT2D eigenvalue weighted by Crippen LogP contribution is -2.23. The summed E-state index contributed by atoms with van der Waals surface area (Å²) in [6, 6.07) is 3.73. The Morgan fingerprint density at radius 1 is 1.50 bits per heavy atom. The number of hydrogen-bond donors (Lipinski definition) is 0. The average Bonchev–Trinajstić information content (AvgIpc) is 3.04. The number of esters is 1.